The summed E-state index contributed by atoms with van der Waals surface area (Å²) >= 11 is 1.68. The Bertz CT molecular complexity index is 706. The lowest BCUT2D eigenvalue weighted by Crippen LogP contribution is -2.51. The predicted molar refractivity (Wildman–Crippen MR) is 101 cm³/mol. The van der Waals surface area contributed by atoms with Gasteiger partial charge in [0, 0.05) is 4.90 Å². The van der Waals surface area contributed by atoms with Gasteiger partial charge in [-0.1, -0.05) is 60.3 Å². The predicted octanol–water partition coefficient (Wildman–Crippen LogP) is 4.24. The summed E-state index contributed by atoms with van der Waals surface area (Å²) in [7, 11) is 0. The van der Waals surface area contributed by atoms with Crippen LogP contribution in [0.25, 0.3) is 0 Å². The zero-order valence-electron chi connectivity index (χ0n) is 15.0. The standard InChI is InChI=1S/C21H24O4S/c1-21(2)24-18-17(22-13-15-9-5-3-6-10-15)14-23-20(19(18)25-21)26-16-11-7-4-8-12-16/h3-12,17-20H,13-14H2,1-2H3/t17-,18+,19-,20+/m1/s1. The van der Waals surface area contributed by atoms with Crippen molar-refractivity contribution in [1.29, 1.82) is 0 Å². The molecule has 0 aromatic heterocycles. The number of benzene rings is 2. The molecule has 2 aliphatic rings. The largest absolute Gasteiger partial charge is 0.368 e. The molecule has 5 heteroatoms. The Morgan fingerprint density at radius 1 is 0.962 bits per heavy atom. The molecule has 0 amide bonds. The lowest BCUT2D eigenvalue weighted by molar-refractivity contribution is -0.161. The maximum Gasteiger partial charge on any atom is 0.164 e. The van der Waals surface area contributed by atoms with Crippen LogP contribution in [0.4, 0.5) is 0 Å². The minimum Gasteiger partial charge on any atom is -0.368 e. The van der Waals surface area contributed by atoms with Crippen LogP contribution in [0.3, 0.4) is 0 Å². The van der Waals surface area contributed by atoms with Crippen molar-refractivity contribution in [2.75, 3.05) is 6.61 Å². The molecule has 2 fully saturated rings. The van der Waals surface area contributed by atoms with E-state index >= 15 is 0 Å². The van der Waals surface area contributed by atoms with Gasteiger partial charge in [0.15, 0.2) is 5.79 Å². The van der Waals surface area contributed by atoms with E-state index in [1.807, 2.05) is 50.2 Å². The molecule has 2 aromatic rings. The van der Waals surface area contributed by atoms with Crippen molar-refractivity contribution in [3.05, 3.63) is 66.2 Å². The van der Waals surface area contributed by atoms with Crippen LogP contribution in [0.2, 0.25) is 0 Å². The zero-order valence-corrected chi connectivity index (χ0v) is 15.9. The molecule has 4 atom stereocenters. The van der Waals surface area contributed by atoms with Gasteiger partial charge in [0.1, 0.15) is 23.7 Å². The van der Waals surface area contributed by atoms with Crippen molar-refractivity contribution in [3.63, 3.8) is 0 Å². The van der Waals surface area contributed by atoms with Gasteiger partial charge in [0.05, 0.1) is 13.2 Å². The molecule has 0 bridgehead atoms. The number of hydrogen-bond donors (Lipinski definition) is 0. The van der Waals surface area contributed by atoms with Gasteiger partial charge in [-0.2, -0.15) is 0 Å². The van der Waals surface area contributed by atoms with E-state index in [-0.39, 0.29) is 23.7 Å². The van der Waals surface area contributed by atoms with Crippen LogP contribution in [0.1, 0.15) is 19.4 Å². The molecule has 0 radical (unpaired) electrons. The second kappa shape index (κ2) is 7.71. The number of fused-ring (bicyclic) bond motifs is 1. The van der Waals surface area contributed by atoms with Crippen molar-refractivity contribution in [2.24, 2.45) is 0 Å². The Hall–Kier alpha value is -1.37. The average Bonchev–Trinajstić information content (AvgIpc) is 2.98. The van der Waals surface area contributed by atoms with Crippen LogP contribution in [0.5, 0.6) is 0 Å². The van der Waals surface area contributed by atoms with E-state index in [9.17, 15) is 0 Å². The first-order chi connectivity index (χ1) is 12.6. The van der Waals surface area contributed by atoms with Gasteiger partial charge >= 0.3 is 0 Å². The number of ether oxygens (including phenoxy) is 4. The molecular formula is C21H24O4S. The summed E-state index contributed by atoms with van der Waals surface area (Å²) in [5.74, 6) is -0.632. The first kappa shape index (κ1) is 18.0. The minimum absolute atomic E-state index is 0.110. The van der Waals surface area contributed by atoms with E-state index in [0.717, 1.165) is 10.5 Å². The second-order valence-electron chi connectivity index (χ2n) is 7.03. The molecule has 0 saturated carbocycles. The van der Waals surface area contributed by atoms with Gasteiger partial charge in [-0.15, -0.1) is 0 Å². The van der Waals surface area contributed by atoms with E-state index in [2.05, 4.69) is 24.3 Å². The second-order valence-corrected chi connectivity index (χ2v) is 8.20. The highest BCUT2D eigenvalue weighted by atomic mass is 32.2. The summed E-state index contributed by atoms with van der Waals surface area (Å²) in [6, 6.07) is 20.4. The fourth-order valence-electron chi connectivity index (χ4n) is 3.35. The summed E-state index contributed by atoms with van der Waals surface area (Å²) < 4.78 is 24.6. The molecular weight excluding hydrogens is 348 g/mol. The summed E-state index contributed by atoms with van der Waals surface area (Å²) in [5, 5.41) is 0. The van der Waals surface area contributed by atoms with Crippen LogP contribution in [0.15, 0.2) is 65.6 Å². The van der Waals surface area contributed by atoms with E-state index in [1.165, 1.54) is 0 Å². The molecule has 138 valence electrons. The molecule has 2 aromatic carbocycles. The first-order valence-electron chi connectivity index (χ1n) is 8.95. The topological polar surface area (TPSA) is 36.9 Å². The van der Waals surface area contributed by atoms with Crippen molar-refractivity contribution in [2.45, 2.75) is 54.9 Å². The van der Waals surface area contributed by atoms with Gasteiger partial charge in [0.25, 0.3) is 0 Å². The molecule has 0 spiro atoms. The lowest BCUT2D eigenvalue weighted by atomic mass is 10.1. The normalized spacial score (nSPS) is 30.1. The summed E-state index contributed by atoms with van der Waals surface area (Å²) in [6.45, 7) is 4.93. The maximum absolute atomic E-state index is 6.18. The SMILES string of the molecule is CC1(C)O[C@@H]2[C@@H](O1)[C@H](Sc1ccccc1)OC[C@H]2OCc1ccccc1. The highest BCUT2D eigenvalue weighted by Crippen LogP contribution is 2.41. The lowest BCUT2D eigenvalue weighted by Gasteiger charge is -2.36. The third-order valence-corrected chi connectivity index (χ3v) is 5.71. The highest BCUT2D eigenvalue weighted by Gasteiger charge is 2.52. The van der Waals surface area contributed by atoms with Crippen LogP contribution >= 0.6 is 11.8 Å². The van der Waals surface area contributed by atoms with E-state index in [4.69, 9.17) is 18.9 Å². The van der Waals surface area contributed by atoms with Crippen molar-refractivity contribution >= 4 is 11.8 Å². The van der Waals surface area contributed by atoms with Crippen LogP contribution in [-0.4, -0.2) is 36.1 Å². The minimum atomic E-state index is -0.632. The van der Waals surface area contributed by atoms with Gasteiger partial charge in [-0.05, 0) is 31.5 Å². The van der Waals surface area contributed by atoms with Crippen molar-refractivity contribution in [1.82, 2.24) is 0 Å². The Morgan fingerprint density at radius 3 is 2.35 bits per heavy atom. The molecule has 4 rings (SSSR count). The van der Waals surface area contributed by atoms with Crippen LogP contribution in [-0.2, 0) is 25.6 Å². The van der Waals surface area contributed by atoms with Gasteiger partial charge in [-0.25, -0.2) is 0 Å². The summed E-state index contributed by atoms with van der Waals surface area (Å²) in [5.41, 5.74) is 1.03. The van der Waals surface area contributed by atoms with Crippen molar-refractivity contribution < 1.29 is 18.9 Å². The summed E-state index contributed by atoms with van der Waals surface area (Å²) in [4.78, 5) is 1.16. The van der Waals surface area contributed by atoms with Crippen molar-refractivity contribution in [3.8, 4) is 0 Å². The third kappa shape index (κ3) is 4.13. The van der Waals surface area contributed by atoms with Gasteiger partial charge in [0.2, 0.25) is 0 Å². The maximum atomic E-state index is 6.18. The smallest absolute Gasteiger partial charge is 0.164 e. The monoisotopic (exact) mass is 372 g/mol. The Kier molecular flexibility index (Phi) is 5.34. The first-order valence-corrected chi connectivity index (χ1v) is 9.83. The molecule has 0 N–H and O–H groups in total. The van der Waals surface area contributed by atoms with Gasteiger partial charge in [-0.3, -0.25) is 0 Å². The molecule has 0 unspecified atom stereocenters. The number of thioether (sulfide) groups is 1. The van der Waals surface area contributed by atoms with E-state index in [0.29, 0.717) is 13.2 Å². The Labute approximate surface area is 158 Å². The van der Waals surface area contributed by atoms with Gasteiger partial charge < -0.3 is 18.9 Å². The summed E-state index contributed by atoms with van der Waals surface area (Å²) in [6.07, 6.45) is -0.442. The molecule has 0 aliphatic carbocycles. The number of rotatable bonds is 5. The average molecular weight is 372 g/mol. The fourth-order valence-corrected chi connectivity index (χ4v) is 4.42. The van der Waals surface area contributed by atoms with Crippen LogP contribution < -0.4 is 0 Å². The third-order valence-electron chi connectivity index (χ3n) is 4.53. The van der Waals surface area contributed by atoms with E-state index < -0.39 is 5.79 Å². The molecule has 2 saturated heterocycles. The van der Waals surface area contributed by atoms with E-state index in [1.54, 1.807) is 11.8 Å². The molecule has 4 nitrogen and oxygen atoms in total. The quantitative estimate of drug-likeness (QED) is 0.785. The number of hydrogen-bond acceptors (Lipinski definition) is 5. The Morgan fingerprint density at radius 2 is 1.62 bits per heavy atom. The fraction of sp³-hybridized carbons (Fsp3) is 0.429. The Balaban J connectivity index is 1.45. The molecule has 26 heavy (non-hydrogen) atoms. The molecule has 2 aliphatic heterocycles. The zero-order chi connectivity index (χ0) is 18.0. The highest BCUT2D eigenvalue weighted by molar-refractivity contribution is 7.99. The molecule has 2 heterocycles. The van der Waals surface area contributed by atoms with Crippen LogP contribution in [0, 0.1) is 0 Å².